The van der Waals surface area contributed by atoms with Crippen LogP contribution in [-0.4, -0.2) is 40.9 Å². The summed E-state index contributed by atoms with van der Waals surface area (Å²) in [4.78, 5) is 23.5. The normalized spacial score (nSPS) is 16.9. The molecule has 108 valence electrons. The quantitative estimate of drug-likeness (QED) is 0.457. The Kier molecular flexibility index (Phi) is 4.92. The third kappa shape index (κ3) is 3.68. The van der Waals surface area contributed by atoms with Gasteiger partial charge in [-0.3, -0.25) is 14.9 Å². The number of rotatable bonds is 6. The monoisotopic (exact) mass is 298 g/mol. The molecule has 6 nitrogen and oxygen atoms in total. The van der Waals surface area contributed by atoms with Crippen molar-refractivity contribution in [3.63, 3.8) is 0 Å². The molecule has 1 saturated heterocycles. The van der Waals surface area contributed by atoms with Gasteiger partial charge in [0.1, 0.15) is 5.75 Å². The van der Waals surface area contributed by atoms with E-state index in [4.69, 9.17) is 16.3 Å². The predicted octanol–water partition coefficient (Wildman–Crippen LogP) is 2.14. The molecule has 0 amide bonds. The molecule has 0 spiro atoms. The Hall–Kier alpha value is -1.66. The van der Waals surface area contributed by atoms with E-state index in [1.165, 1.54) is 12.1 Å². The minimum Gasteiger partial charge on any atom is -0.485 e. The van der Waals surface area contributed by atoms with E-state index in [1.807, 2.05) is 4.90 Å². The molecule has 1 atom stereocenters. The van der Waals surface area contributed by atoms with Gasteiger partial charge in [0, 0.05) is 23.6 Å². The number of hydrogen-bond acceptors (Lipinski definition) is 5. The summed E-state index contributed by atoms with van der Waals surface area (Å²) in [7, 11) is 0. The molecule has 0 saturated carbocycles. The molecule has 7 heteroatoms. The minimum absolute atomic E-state index is 0.0127. The van der Waals surface area contributed by atoms with E-state index in [2.05, 4.69) is 0 Å². The average Bonchev–Trinajstić information content (AvgIpc) is 2.93. The van der Waals surface area contributed by atoms with Crippen LogP contribution in [0.5, 0.6) is 5.75 Å². The smallest absolute Gasteiger partial charge is 0.302 e. The van der Waals surface area contributed by atoms with Gasteiger partial charge < -0.3 is 4.74 Å². The van der Waals surface area contributed by atoms with Crippen LogP contribution in [0.2, 0.25) is 0 Å². The fourth-order valence-corrected chi connectivity index (χ4v) is 2.32. The molecule has 1 unspecified atom stereocenters. The van der Waals surface area contributed by atoms with Gasteiger partial charge in [-0.15, -0.1) is 0 Å². The van der Waals surface area contributed by atoms with Crippen LogP contribution in [0.4, 0.5) is 0 Å². The summed E-state index contributed by atoms with van der Waals surface area (Å²) in [6.07, 6.45) is 1.14. The number of benzene rings is 1. The molecule has 0 aliphatic carbocycles. The van der Waals surface area contributed by atoms with Gasteiger partial charge in [0.05, 0.1) is 0 Å². The number of ether oxygens (including phenoxy) is 1. The van der Waals surface area contributed by atoms with Crippen molar-refractivity contribution in [2.75, 3.05) is 19.7 Å². The third-order valence-corrected chi connectivity index (χ3v) is 3.50. The van der Waals surface area contributed by atoms with Crippen molar-refractivity contribution in [2.45, 2.75) is 19.0 Å². The van der Waals surface area contributed by atoms with Crippen molar-refractivity contribution in [2.24, 2.45) is 0 Å². The van der Waals surface area contributed by atoms with Crippen LogP contribution >= 0.6 is 11.6 Å². The number of nitrogens with zero attached hydrogens (tertiary/aromatic N) is 2. The Morgan fingerprint density at radius 3 is 2.45 bits per heavy atom. The molecule has 1 aromatic carbocycles. The summed E-state index contributed by atoms with van der Waals surface area (Å²) < 4.78 is 5.44. The first-order valence-electron chi connectivity index (χ1n) is 6.38. The standard InChI is InChI=1S/C13H15ClN2O4/c14-13(17)10-3-5-11(6-4-10)20-9-12(16(18)19)15-7-1-2-8-15/h3-6,12H,1-2,7-9H2. The molecule has 0 N–H and O–H groups in total. The van der Waals surface area contributed by atoms with Crippen molar-refractivity contribution < 1.29 is 14.5 Å². The molecular formula is C13H15ClN2O4. The second-order valence-corrected chi connectivity index (χ2v) is 4.96. The Labute approximate surface area is 121 Å². The maximum Gasteiger partial charge on any atom is 0.302 e. The van der Waals surface area contributed by atoms with E-state index < -0.39 is 11.4 Å². The Morgan fingerprint density at radius 1 is 1.35 bits per heavy atom. The first-order chi connectivity index (χ1) is 9.58. The Morgan fingerprint density at radius 2 is 1.95 bits per heavy atom. The number of likely N-dealkylation sites (tertiary alicyclic amines) is 1. The van der Waals surface area contributed by atoms with Crippen molar-refractivity contribution >= 4 is 16.8 Å². The summed E-state index contributed by atoms with van der Waals surface area (Å²) in [5.41, 5.74) is 0.365. The van der Waals surface area contributed by atoms with Crippen LogP contribution in [0.15, 0.2) is 24.3 Å². The van der Waals surface area contributed by atoms with Crippen molar-refractivity contribution in [3.8, 4) is 5.75 Å². The number of carbonyl (C=O) groups excluding carboxylic acids is 1. The first kappa shape index (κ1) is 14.7. The molecule has 1 aliphatic rings. The van der Waals surface area contributed by atoms with Crippen LogP contribution in [0.25, 0.3) is 0 Å². The summed E-state index contributed by atoms with van der Waals surface area (Å²) in [6, 6.07) is 6.22. The lowest BCUT2D eigenvalue weighted by Gasteiger charge is -2.20. The molecule has 1 heterocycles. The van der Waals surface area contributed by atoms with Gasteiger partial charge in [-0.1, -0.05) is 0 Å². The van der Waals surface area contributed by atoms with Crippen LogP contribution in [0, 0.1) is 10.1 Å². The maximum atomic E-state index is 11.1. The van der Waals surface area contributed by atoms with Gasteiger partial charge in [0.15, 0.2) is 6.61 Å². The molecule has 1 fully saturated rings. The summed E-state index contributed by atoms with van der Waals surface area (Å²) >= 11 is 5.33. The van der Waals surface area contributed by atoms with Crippen LogP contribution in [0.1, 0.15) is 23.2 Å². The van der Waals surface area contributed by atoms with Gasteiger partial charge in [-0.05, 0) is 48.7 Å². The van der Waals surface area contributed by atoms with Crippen molar-refractivity contribution in [3.05, 3.63) is 39.9 Å². The average molecular weight is 299 g/mol. The summed E-state index contributed by atoms with van der Waals surface area (Å²) in [6.45, 7) is 1.45. The molecule has 1 aliphatic heterocycles. The van der Waals surface area contributed by atoms with E-state index in [-0.39, 0.29) is 11.5 Å². The molecule has 20 heavy (non-hydrogen) atoms. The van der Waals surface area contributed by atoms with E-state index in [0.29, 0.717) is 11.3 Å². The number of nitro groups is 1. The predicted molar refractivity (Wildman–Crippen MR) is 73.7 cm³/mol. The zero-order valence-corrected chi connectivity index (χ0v) is 11.6. The molecule has 0 aromatic heterocycles. The SMILES string of the molecule is O=C(Cl)c1ccc(OCC(N2CCCC2)[N+](=O)[O-])cc1. The lowest BCUT2D eigenvalue weighted by atomic mass is 10.2. The van der Waals surface area contributed by atoms with E-state index in [1.54, 1.807) is 12.1 Å². The minimum atomic E-state index is -0.827. The van der Waals surface area contributed by atoms with E-state index in [0.717, 1.165) is 25.9 Å². The Balaban J connectivity index is 1.94. The van der Waals surface area contributed by atoms with E-state index in [9.17, 15) is 14.9 Å². The zero-order valence-electron chi connectivity index (χ0n) is 10.8. The number of halogens is 1. The molecule has 0 bridgehead atoms. The second kappa shape index (κ2) is 6.67. The molecule has 0 radical (unpaired) electrons. The second-order valence-electron chi connectivity index (χ2n) is 4.62. The highest BCUT2D eigenvalue weighted by molar-refractivity contribution is 6.67. The van der Waals surface area contributed by atoms with Crippen molar-refractivity contribution in [1.82, 2.24) is 4.90 Å². The fourth-order valence-electron chi connectivity index (χ4n) is 2.19. The van der Waals surface area contributed by atoms with Crippen LogP contribution in [0.3, 0.4) is 0 Å². The third-order valence-electron chi connectivity index (χ3n) is 3.29. The molecule has 1 aromatic rings. The number of hydrogen-bond donors (Lipinski definition) is 0. The van der Waals surface area contributed by atoms with Crippen molar-refractivity contribution in [1.29, 1.82) is 0 Å². The van der Waals surface area contributed by atoms with Crippen LogP contribution in [-0.2, 0) is 0 Å². The highest BCUT2D eigenvalue weighted by Gasteiger charge is 2.31. The van der Waals surface area contributed by atoms with E-state index >= 15 is 0 Å². The van der Waals surface area contributed by atoms with Gasteiger partial charge in [-0.25, -0.2) is 4.90 Å². The lowest BCUT2D eigenvalue weighted by molar-refractivity contribution is -0.551. The lowest BCUT2D eigenvalue weighted by Crippen LogP contribution is -2.43. The van der Waals surface area contributed by atoms with Gasteiger partial charge in [0.25, 0.3) is 5.24 Å². The molecule has 2 rings (SSSR count). The highest BCUT2D eigenvalue weighted by Crippen LogP contribution is 2.16. The van der Waals surface area contributed by atoms with Crippen LogP contribution < -0.4 is 4.74 Å². The molecular weight excluding hydrogens is 284 g/mol. The van der Waals surface area contributed by atoms with Gasteiger partial charge >= 0.3 is 6.17 Å². The van der Waals surface area contributed by atoms with Gasteiger partial charge in [0.2, 0.25) is 0 Å². The number of carbonyl (C=O) groups is 1. The van der Waals surface area contributed by atoms with Gasteiger partial charge in [-0.2, -0.15) is 0 Å². The highest BCUT2D eigenvalue weighted by atomic mass is 35.5. The zero-order chi connectivity index (χ0) is 14.5. The first-order valence-corrected chi connectivity index (χ1v) is 6.76. The largest absolute Gasteiger partial charge is 0.485 e. The fraction of sp³-hybridized carbons (Fsp3) is 0.462. The summed E-state index contributed by atoms with van der Waals surface area (Å²) in [5.74, 6) is 0.484. The topological polar surface area (TPSA) is 72.7 Å². The summed E-state index contributed by atoms with van der Waals surface area (Å²) in [5, 5.41) is 10.5. The maximum absolute atomic E-state index is 11.1. The Bertz CT molecular complexity index is 486.